The van der Waals surface area contributed by atoms with Gasteiger partial charge < -0.3 is 4.74 Å². The fraction of sp³-hybridized carbons (Fsp3) is 0.500. The highest BCUT2D eigenvalue weighted by molar-refractivity contribution is 8.20. The van der Waals surface area contributed by atoms with Gasteiger partial charge in [-0.05, 0) is 70.5 Å². The van der Waals surface area contributed by atoms with E-state index in [1.54, 1.807) is 0 Å². The molecule has 0 aromatic heterocycles. The monoisotopic (exact) mass is 440 g/mol. The van der Waals surface area contributed by atoms with Gasteiger partial charge in [0.25, 0.3) is 0 Å². The summed E-state index contributed by atoms with van der Waals surface area (Å²) < 4.78 is 4.77. The van der Waals surface area contributed by atoms with Crippen molar-refractivity contribution in [3.63, 3.8) is 0 Å². The van der Waals surface area contributed by atoms with Gasteiger partial charge in [-0.25, -0.2) is 4.79 Å². The van der Waals surface area contributed by atoms with Gasteiger partial charge in [0.15, 0.2) is 0 Å². The lowest BCUT2D eigenvalue weighted by Gasteiger charge is -2.43. The highest BCUT2D eigenvalue weighted by atomic mass is 32.2. The quantitative estimate of drug-likeness (QED) is 0.490. The highest BCUT2D eigenvalue weighted by Crippen LogP contribution is 2.58. The highest BCUT2D eigenvalue weighted by Gasteiger charge is 2.43. The first-order valence-electron chi connectivity index (χ1n) is 10.7. The van der Waals surface area contributed by atoms with E-state index >= 15 is 0 Å². The molecule has 0 unspecified atom stereocenters. The van der Waals surface area contributed by atoms with E-state index in [2.05, 4.69) is 58.9 Å². The van der Waals surface area contributed by atoms with Crippen molar-refractivity contribution in [2.75, 3.05) is 18.6 Å². The predicted molar refractivity (Wildman–Crippen MR) is 130 cm³/mol. The second-order valence-electron chi connectivity index (χ2n) is 9.86. The third-order valence-electron chi connectivity index (χ3n) is 6.93. The molecular formula is C26H32O2S2. The first kappa shape index (κ1) is 21.8. The maximum absolute atomic E-state index is 11.9. The lowest BCUT2D eigenvalue weighted by molar-refractivity contribution is 0.0600. The van der Waals surface area contributed by atoms with Gasteiger partial charge in [0.1, 0.15) is 4.08 Å². The molecule has 160 valence electrons. The molecule has 0 saturated carbocycles. The van der Waals surface area contributed by atoms with Crippen molar-refractivity contribution in [2.24, 2.45) is 0 Å². The maximum Gasteiger partial charge on any atom is 0.337 e. The molecule has 0 radical (unpaired) electrons. The summed E-state index contributed by atoms with van der Waals surface area (Å²) in [7, 11) is 1.43. The van der Waals surface area contributed by atoms with Crippen molar-refractivity contribution < 1.29 is 9.53 Å². The minimum absolute atomic E-state index is 0.120. The van der Waals surface area contributed by atoms with Crippen LogP contribution in [-0.2, 0) is 19.6 Å². The summed E-state index contributed by atoms with van der Waals surface area (Å²) in [6.07, 6.45) is 2.45. The van der Waals surface area contributed by atoms with Crippen molar-refractivity contribution >= 4 is 29.5 Å². The third kappa shape index (κ3) is 3.50. The van der Waals surface area contributed by atoms with Crippen molar-refractivity contribution in [2.45, 2.75) is 62.4 Å². The van der Waals surface area contributed by atoms with Crippen LogP contribution in [0, 0.1) is 6.92 Å². The van der Waals surface area contributed by atoms with E-state index in [0.29, 0.717) is 5.56 Å². The molecule has 1 aliphatic carbocycles. The van der Waals surface area contributed by atoms with E-state index < -0.39 is 0 Å². The first-order chi connectivity index (χ1) is 14.1. The van der Waals surface area contributed by atoms with Crippen LogP contribution in [0.2, 0.25) is 0 Å². The molecule has 0 spiro atoms. The first-order valence-corrected chi connectivity index (χ1v) is 12.7. The van der Waals surface area contributed by atoms with Gasteiger partial charge in [0.05, 0.1) is 12.7 Å². The second kappa shape index (κ2) is 7.63. The number of ether oxygens (including phenoxy) is 1. The summed E-state index contributed by atoms with van der Waals surface area (Å²) in [5, 5.41) is 0. The SMILES string of the molecule is COC(=O)c1ccc(C2(c3cc4c(cc3C)C(C)(C)CCC4(C)C)SCCS2)cc1. The summed E-state index contributed by atoms with van der Waals surface area (Å²) in [5.41, 5.74) is 8.11. The molecule has 0 N–H and O–H groups in total. The van der Waals surface area contributed by atoms with Crippen LogP contribution in [0.4, 0.5) is 0 Å². The zero-order chi connectivity index (χ0) is 21.7. The summed E-state index contributed by atoms with van der Waals surface area (Å²) in [5.74, 6) is 1.99. The van der Waals surface area contributed by atoms with E-state index in [4.69, 9.17) is 4.74 Å². The normalized spacial score (nSPS) is 21.1. The average Bonchev–Trinajstić information content (AvgIpc) is 3.21. The molecule has 1 fully saturated rings. The summed E-state index contributed by atoms with van der Waals surface area (Å²) in [6.45, 7) is 11.8. The van der Waals surface area contributed by atoms with Gasteiger partial charge >= 0.3 is 5.97 Å². The predicted octanol–water partition coefficient (Wildman–Crippen LogP) is 6.81. The van der Waals surface area contributed by atoms with Crippen LogP contribution in [0.1, 0.15) is 78.7 Å². The van der Waals surface area contributed by atoms with Gasteiger partial charge in [0.2, 0.25) is 0 Å². The summed E-state index contributed by atoms with van der Waals surface area (Å²) in [6, 6.07) is 13.0. The Hall–Kier alpha value is -1.39. The Morgan fingerprint density at radius 2 is 1.40 bits per heavy atom. The molecular weight excluding hydrogens is 408 g/mol. The number of hydrogen-bond acceptors (Lipinski definition) is 4. The van der Waals surface area contributed by atoms with Crippen LogP contribution >= 0.6 is 23.5 Å². The van der Waals surface area contributed by atoms with Crippen LogP contribution in [-0.4, -0.2) is 24.6 Å². The topological polar surface area (TPSA) is 26.3 Å². The Labute approximate surface area is 189 Å². The van der Waals surface area contributed by atoms with Gasteiger partial charge in [0, 0.05) is 11.5 Å². The minimum atomic E-state index is -0.281. The van der Waals surface area contributed by atoms with Gasteiger partial charge in [-0.3, -0.25) is 0 Å². The van der Waals surface area contributed by atoms with E-state index in [9.17, 15) is 4.79 Å². The molecule has 2 nitrogen and oxygen atoms in total. The Morgan fingerprint density at radius 3 is 1.93 bits per heavy atom. The number of aryl methyl sites for hydroxylation is 1. The molecule has 0 amide bonds. The molecule has 1 heterocycles. The van der Waals surface area contributed by atoms with E-state index in [1.807, 2.05) is 35.7 Å². The number of carbonyl (C=O) groups excluding carboxylic acids is 1. The van der Waals surface area contributed by atoms with Crippen molar-refractivity contribution in [3.05, 3.63) is 69.8 Å². The Kier molecular flexibility index (Phi) is 5.55. The van der Waals surface area contributed by atoms with Crippen LogP contribution in [0.3, 0.4) is 0 Å². The number of benzene rings is 2. The fourth-order valence-electron chi connectivity index (χ4n) is 4.91. The van der Waals surface area contributed by atoms with Crippen LogP contribution < -0.4 is 0 Å². The number of hydrogen-bond donors (Lipinski definition) is 0. The Bertz CT molecular complexity index is 967. The molecule has 4 heteroatoms. The molecule has 2 aromatic carbocycles. The van der Waals surface area contributed by atoms with Crippen LogP contribution in [0.5, 0.6) is 0 Å². The molecule has 2 aromatic rings. The van der Waals surface area contributed by atoms with Crippen molar-refractivity contribution in [1.82, 2.24) is 0 Å². The number of rotatable bonds is 3. The van der Waals surface area contributed by atoms with Crippen LogP contribution in [0.15, 0.2) is 36.4 Å². The minimum Gasteiger partial charge on any atom is -0.465 e. The third-order valence-corrected chi connectivity index (χ3v) is 10.4. The van der Waals surface area contributed by atoms with Gasteiger partial charge in [-0.2, -0.15) is 0 Å². The second-order valence-corrected chi connectivity index (χ2v) is 12.7. The summed E-state index contributed by atoms with van der Waals surface area (Å²) in [4.78, 5) is 11.9. The number of fused-ring (bicyclic) bond motifs is 1. The molecule has 30 heavy (non-hydrogen) atoms. The van der Waals surface area contributed by atoms with Crippen molar-refractivity contribution in [3.8, 4) is 0 Å². The van der Waals surface area contributed by atoms with Gasteiger partial charge in [-0.15, -0.1) is 23.5 Å². The zero-order valence-electron chi connectivity index (χ0n) is 18.9. The lowest BCUT2D eigenvalue weighted by Crippen LogP contribution is -2.35. The van der Waals surface area contributed by atoms with Crippen molar-refractivity contribution in [1.29, 1.82) is 0 Å². The Balaban J connectivity index is 1.87. The van der Waals surface area contributed by atoms with E-state index in [-0.39, 0.29) is 20.9 Å². The van der Waals surface area contributed by atoms with Crippen LogP contribution in [0.25, 0.3) is 0 Å². The van der Waals surface area contributed by atoms with E-state index in [1.165, 1.54) is 47.8 Å². The molecule has 2 aliphatic rings. The fourth-order valence-corrected chi connectivity index (χ4v) is 8.34. The maximum atomic E-state index is 11.9. The zero-order valence-corrected chi connectivity index (χ0v) is 20.6. The number of carbonyl (C=O) groups is 1. The average molecular weight is 441 g/mol. The number of thioether (sulfide) groups is 2. The molecule has 1 aliphatic heterocycles. The smallest absolute Gasteiger partial charge is 0.337 e. The van der Waals surface area contributed by atoms with Gasteiger partial charge in [-0.1, -0.05) is 52.0 Å². The Morgan fingerprint density at radius 1 is 0.867 bits per heavy atom. The largest absolute Gasteiger partial charge is 0.465 e. The number of esters is 1. The molecule has 1 saturated heterocycles. The molecule has 4 rings (SSSR count). The number of methoxy groups -OCH3 is 1. The van der Waals surface area contributed by atoms with E-state index in [0.717, 1.165) is 11.5 Å². The standard InChI is InChI=1S/C26H32O2S2/c1-17-15-21-22(25(4,5)12-11-24(21,2)3)16-20(17)26(29-13-14-30-26)19-9-7-18(8-10-19)23(27)28-6/h7-10,15-16H,11-14H2,1-6H3. The summed E-state index contributed by atoms with van der Waals surface area (Å²) >= 11 is 4.06. The lowest BCUT2D eigenvalue weighted by atomic mass is 9.62. The molecule has 0 bridgehead atoms. The molecule has 0 atom stereocenters.